The number of aromatic nitrogens is 2. The summed E-state index contributed by atoms with van der Waals surface area (Å²) >= 11 is 13.2. The predicted octanol–water partition coefficient (Wildman–Crippen LogP) is 3.15. The number of urea groups is 1. The number of methoxy groups -OCH3 is 2. The van der Waals surface area contributed by atoms with E-state index < -0.39 is 12.1 Å². The van der Waals surface area contributed by atoms with Crippen LogP contribution in [0.2, 0.25) is 10.0 Å². The second-order valence-electron chi connectivity index (χ2n) is 11.0. The van der Waals surface area contributed by atoms with Crippen molar-refractivity contribution in [2.24, 2.45) is 0 Å². The van der Waals surface area contributed by atoms with E-state index in [0.29, 0.717) is 36.0 Å². The van der Waals surface area contributed by atoms with E-state index in [2.05, 4.69) is 32.1 Å². The number of benzene rings is 1. The van der Waals surface area contributed by atoms with E-state index >= 15 is 0 Å². The van der Waals surface area contributed by atoms with Gasteiger partial charge in [0.25, 0.3) is 0 Å². The first-order chi connectivity index (χ1) is 21.1. The summed E-state index contributed by atoms with van der Waals surface area (Å²) in [5.74, 6) is 0.955. The maximum absolute atomic E-state index is 13.6. The largest absolute Gasteiger partial charge is 0.495 e. The van der Waals surface area contributed by atoms with Gasteiger partial charge in [-0.15, -0.1) is 0 Å². The van der Waals surface area contributed by atoms with Crippen molar-refractivity contribution in [3.8, 4) is 11.5 Å². The zero-order valence-electron chi connectivity index (χ0n) is 25.1. The monoisotopic (exact) mass is 646 g/mol. The number of anilines is 3. The summed E-state index contributed by atoms with van der Waals surface area (Å²) in [7, 11) is 6.48. The van der Waals surface area contributed by atoms with Crippen LogP contribution in [-0.2, 0) is 16.1 Å². The number of nitrogens with zero attached hydrogens (tertiary/aromatic N) is 6. The van der Waals surface area contributed by atoms with Crippen LogP contribution in [0.4, 0.5) is 22.2 Å². The normalized spacial score (nSPS) is 22.0. The molecule has 4 amide bonds. The molecule has 0 aliphatic carbocycles. The fraction of sp³-hybridized carbons (Fsp3) is 0.483. The maximum atomic E-state index is 13.6. The van der Waals surface area contributed by atoms with Crippen molar-refractivity contribution in [1.82, 2.24) is 25.1 Å². The Balaban J connectivity index is 1.39. The second kappa shape index (κ2) is 13.0. The molecule has 4 heterocycles. The van der Waals surface area contributed by atoms with Crippen LogP contribution in [0.1, 0.15) is 24.8 Å². The van der Waals surface area contributed by atoms with Gasteiger partial charge in [0.15, 0.2) is 0 Å². The number of fused-ring (bicyclic) bond motifs is 1. The fourth-order valence-electron chi connectivity index (χ4n) is 5.94. The lowest BCUT2D eigenvalue weighted by Gasteiger charge is -2.35. The summed E-state index contributed by atoms with van der Waals surface area (Å²) in [6, 6.07) is 0.161. The molecule has 44 heavy (non-hydrogen) atoms. The van der Waals surface area contributed by atoms with Crippen molar-refractivity contribution in [2.75, 3.05) is 63.1 Å². The third-order valence-electron chi connectivity index (χ3n) is 8.34. The molecule has 3 aliphatic rings. The van der Waals surface area contributed by atoms with Crippen LogP contribution in [0.15, 0.2) is 24.9 Å². The van der Waals surface area contributed by atoms with Gasteiger partial charge in [0.2, 0.25) is 17.8 Å². The van der Waals surface area contributed by atoms with Crippen LogP contribution in [0.25, 0.3) is 0 Å². The molecule has 3 atom stereocenters. The van der Waals surface area contributed by atoms with Crippen LogP contribution in [0, 0.1) is 0 Å². The van der Waals surface area contributed by atoms with Gasteiger partial charge < -0.3 is 25.0 Å². The number of hydrogen-bond acceptors (Lipinski definition) is 9. The smallest absolute Gasteiger partial charge is 0.330 e. The van der Waals surface area contributed by atoms with Crippen molar-refractivity contribution in [2.45, 2.75) is 43.9 Å². The molecule has 0 saturated carbocycles. The van der Waals surface area contributed by atoms with Crippen molar-refractivity contribution < 1.29 is 23.9 Å². The Kier molecular flexibility index (Phi) is 9.37. The number of halogens is 2. The number of carbonyl (C=O) groups is 3. The molecular weight excluding hydrogens is 611 g/mol. The highest BCUT2D eigenvalue weighted by Crippen LogP contribution is 2.47. The van der Waals surface area contributed by atoms with Crippen molar-refractivity contribution in [3.05, 3.63) is 40.5 Å². The molecule has 0 radical (unpaired) electrons. The minimum absolute atomic E-state index is 0.0395. The summed E-state index contributed by atoms with van der Waals surface area (Å²) in [4.78, 5) is 55.2. The molecule has 5 rings (SSSR count). The van der Waals surface area contributed by atoms with E-state index in [1.54, 1.807) is 24.2 Å². The molecule has 1 aromatic carbocycles. The van der Waals surface area contributed by atoms with Crippen molar-refractivity contribution in [1.29, 1.82) is 0 Å². The van der Waals surface area contributed by atoms with E-state index in [1.165, 1.54) is 30.1 Å². The molecule has 2 fully saturated rings. The minimum atomic E-state index is -0.424. The highest BCUT2D eigenvalue weighted by molar-refractivity contribution is 6.42. The Morgan fingerprint density at radius 2 is 1.77 bits per heavy atom. The van der Waals surface area contributed by atoms with Gasteiger partial charge in [0.1, 0.15) is 27.4 Å². The maximum Gasteiger partial charge on any atom is 0.330 e. The van der Waals surface area contributed by atoms with Crippen LogP contribution in [-0.4, -0.2) is 104 Å². The average Bonchev–Trinajstić information content (AvgIpc) is 3.41. The Bertz CT molecular complexity index is 1450. The standard InChI is InChI=1S/C29H36Cl2N8O5/c1-6-22(40)33-17-14-38(27(41)19-9-7-8-10-36(19)2)15-18(17)34-28-32-12-16-13-39(29(42)37(3)26(16)35-28)25-23(30)20(43-4)11-21(44-5)24(25)31/h6,11-12,17-19H,1,7-10,13-15H2,2-5H3,(H,33,40)(H,32,34,35). The molecule has 2 saturated heterocycles. The van der Waals surface area contributed by atoms with Crippen LogP contribution in [0.3, 0.4) is 0 Å². The summed E-state index contributed by atoms with van der Waals surface area (Å²) < 4.78 is 10.7. The van der Waals surface area contributed by atoms with Crippen LogP contribution >= 0.6 is 23.2 Å². The Morgan fingerprint density at radius 1 is 1.09 bits per heavy atom. The highest BCUT2D eigenvalue weighted by atomic mass is 35.5. The summed E-state index contributed by atoms with van der Waals surface area (Å²) in [5, 5.41) is 6.54. The first kappa shape index (κ1) is 31.6. The first-order valence-electron chi connectivity index (χ1n) is 14.3. The average molecular weight is 648 g/mol. The number of amides is 4. The summed E-state index contributed by atoms with van der Waals surface area (Å²) in [6.07, 6.45) is 5.70. The van der Waals surface area contributed by atoms with E-state index in [4.69, 9.17) is 32.7 Å². The van der Waals surface area contributed by atoms with E-state index in [-0.39, 0.29) is 52.1 Å². The molecule has 3 unspecified atom stereocenters. The SMILES string of the molecule is C=CC(=O)NC1CN(C(=O)C2CCCCN2C)CC1Nc1ncc2c(n1)N(C)C(=O)N(c1c(Cl)c(OC)cc(OC)c1Cl)C2. The lowest BCUT2D eigenvalue weighted by atomic mass is 10.0. The number of likely N-dealkylation sites (tertiary alicyclic amines) is 2. The molecule has 3 aliphatic heterocycles. The number of carbonyl (C=O) groups excluding carboxylic acids is 3. The Morgan fingerprint density at radius 3 is 2.41 bits per heavy atom. The fourth-order valence-corrected chi connectivity index (χ4v) is 6.65. The lowest BCUT2D eigenvalue weighted by Crippen LogP contribution is -2.49. The zero-order chi connectivity index (χ0) is 31.7. The predicted molar refractivity (Wildman–Crippen MR) is 168 cm³/mol. The molecule has 13 nitrogen and oxygen atoms in total. The van der Waals surface area contributed by atoms with Gasteiger partial charge in [-0.3, -0.25) is 24.3 Å². The number of ether oxygens (including phenoxy) is 2. The highest BCUT2D eigenvalue weighted by Gasteiger charge is 2.40. The number of likely N-dealkylation sites (N-methyl/N-ethyl adjacent to an activating group) is 1. The van der Waals surface area contributed by atoms with Gasteiger partial charge >= 0.3 is 6.03 Å². The van der Waals surface area contributed by atoms with Gasteiger partial charge in [-0.1, -0.05) is 36.2 Å². The Hall–Kier alpha value is -3.81. The molecule has 0 bridgehead atoms. The molecule has 2 aromatic rings. The number of nitrogens with one attached hydrogen (secondary N) is 2. The molecule has 2 N–H and O–H groups in total. The second-order valence-corrected chi connectivity index (χ2v) is 11.8. The lowest BCUT2D eigenvalue weighted by molar-refractivity contribution is -0.136. The van der Waals surface area contributed by atoms with Gasteiger partial charge in [-0.05, 0) is 32.5 Å². The van der Waals surface area contributed by atoms with E-state index in [1.807, 2.05) is 7.05 Å². The van der Waals surface area contributed by atoms with E-state index in [0.717, 1.165) is 25.8 Å². The number of hydrogen-bond donors (Lipinski definition) is 2. The van der Waals surface area contributed by atoms with Gasteiger partial charge in [-0.2, -0.15) is 4.98 Å². The molecule has 15 heteroatoms. The van der Waals surface area contributed by atoms with Crippen molar-refractivity contribution in [3.63, 3.8) is 0 Å². The third-order valence-corrected chi connectivity index (χ3v) is 9.07. The van der Waals surface area contributed by atoms with Crippen LogP contribution in [0.5, 0.6) is 11.5 Å². The first-order valence-corrected chi connectivity index (χ1v) is 15.0. The molecule has 236 valence electrons. The van der Waals surface area contributed by atoms with Crippen LogP contribution < -0.4 is 29.9 Å². The number of rotatable bonds is 8. The van der Waals surface area contributed by atoms with Gasteiger partial charge in [0, 0.05) is 38.0 Å². The minimum Gasteiger partial charge on any atom is -0.495 e. The van der Waals surface area contributed by atoms with Crippen molar-refractivity contribution >= 4 is 58.5 Å². The topological polar surface area (TPSA) is 132 Å². The van der Waals surface area contributed by atoms with Gasteiger partial charge in [0.05, 0.1) is 44.6 Å². The quantitative estimate of drug-likeness (QED) is 0.415. The third kappa shape index (κ3) is 5.95. The molecule has 0 spiro atoms. The summed E-state index contributed by atoms with van der Waals surface area (Å²) in [5.41, 5.74) is 0.890. The molecular formula is C29H36Cl2N8O5. The number of piperidine rings is 1. The van der Waals surface area contributed by atoms with Gasteiger partial charge in [-0.25, -0.2) is 9.78 Å². The zero-order valence-corrected chi connectivity index (χ0v) is 26.6. The van der Waals surface area contributed by atoms with E-state index in [9.17, 15) is 14.4 Å². The molecule has 1 aromatic heterocycles. The summed E-state index contributed by atoms with van der Waals surface area (Å²) in [6.45, 7) is 5.21. The Labute approximate surface area is 266 Å².